The number of piperidine rings is 1. The van der Waals surface area contributed by atoms with Crippen LogP contribution < -0.4 is 0 Å². The second-order valence-electron chi connectivity index (χ2n) is 10.3. The molecule has 4 aliphatic rings. The van der Waals surface area contributed by atoms with Gasteiger partial charge in [-0.3, -0.25) is 9.59 Å². The molecule has 0 N–H and O–H groups in total. The summed E-state index contributed by atoms with van der Waals surface area (Å²) in [5.41, 5.74) is 4.67. The number of hydrogen-bond donors (Lipinski definition) is 0. The average molecular weight is 412 g/mol. The summed E-state index contributed by atoms with van der Waals surface area (Å²) in [4.78, 5) is 29.0. The first-order valence-electron chi connectivity index (χ1n) is 11.7. The number of ketones is 2. The molecule has 164 valence electrons. The largest absolute Gasteiger partial charge is 0.381 e. The summed E-state index contributed by atoms with van der Waals surface area (Å²) in [5.74, 6) is 0.636. The van der Waals surface area contributed by atoms with E-state index in [4.69, 9.17) is 4.74 Å². The molecule has 3 fully saturated rings. The monoisotopic (exact) mass is 411 g/mol. The number of rotatable bonds is 3. The minimum Gasteiger partial charge on any atom is -0.381 e. The smallest absolute Gasteiger partial charge is 0.148 e. The SMILES string of the molecule is C=C(C1CCOCC1)N1CCC2(CC1)CC(=O)C(C1=C(C)C=C(C)CC1C)C(=O)C2. The predicted octanol–water partition coefficient (Wildman–Crippen LogP) is 4.86. The Hall–Kier alpha value is -1.68. The Kier molecular flexibility index (Phi) is 6.07. The van der Waals surface area contributed by atoms with E-state index in [1.165, 1.54) is 11.3 Å². The molecule has 30 heavy (non-hydrogen) atoms. The van der Waals surface area contributed by atoms with Crippen molar-refractivity contribution in [3.05, 3.63) is 35.1 Å². The van der Waals surface area contributed by atoms with Gasteiger partial charge in [0.25, 0.3) is 0 Å². The second kappa shape index (κ2) is 8.45. The van der Waals surface area contributed by atoms with Crippen LogP contribution in [-0.2, 0) is 14.3 Å². The van der Waals surface area contributed by atoms with Gasteiger partial charge in [0.2, 0.25) is 0 Å². The van der Waals surface area contributed by atoms with Gasteiger partial charge in [-0.2, -0.15) is 0 Å². The molecule has 1 spiro atoms. The highest BCUT2D eigenvalue weighted by Crippen LogP contribution is 2.48. The van der Waals surface area contributed by atoms with Crippen LogP contribution in [0.15, 0.2) is 35.1 Å². The maximum absolute atomic E-state index is 13.3. The van der Waals surface area contributed by atoms with Crippen LogP contribution in [0.3, 0.4) is 0 Å². The molecule has 4 rings (SSSR count). The maximum Gasteiger partial charge on any atom is 0.148 e. The van der Waals surface area contributed by atoms with Crippen LogP contribution in [0.25, 0.3) is 0 Å². The van der Waals surface area contributed by atoms with Crippen molar-refractivity contribution in [3.63, 3.8) is 0 Å². The number of ether oxygens (including phenoxy) is 1. The third kappa shape index (κ3) is 4.08. The van der Waals surface area contributed by atoms with Crippen LogP contribution >= 0.6 is 0 Å². The van der Waals surface area contributed by atoms with Gasteiger partial charge in [0.05, 0.1) is 5.92 Å². The van der Waals surface area contributed by atoms with Gasteiger partial charge in [0, 0.05) is 50.8 Å². The first-order valence-corrected chi connectivity index (χ1v) is 11.7. The summed E-state index contributed by atoms with van der Waals surface area (Å²) < 4.78 is 5.49. The Balaban J connectivity index is 1.43. The molecule has 1 atom stereocenters. The lowest BCUT2D eigenvalue weighted by Gasteiger charge is -2.47. The molecule has 4 nitrogen and oxygen atoms in total. The number of carbonyl (C=O) groups excluding carboxylic acids is 2. The van der Waals surface area contributed by atoms with Gasteiger partial charge in [0.15, 0.2) is 0 Å². The Bertz CT molecular complexity index is 771. The lowest BCUT2D eigenvalue weighted by molar-refractivity contribution is -0.140. The molecular formula is C26H37NO3. The number of allylic oxidation sites excluding steroid dienone is 5. The van der Waals surface area contributed by atoms with E-state index >= 15 is 0 Å². The molecule has 0 aromatic carbocycles. The van der Waals surface area contributed by atoms with Gasteiger partial charge in [-0.1, -0.05) is 30.7 Å². The summed E-state index contributed by atoms with van der Waals surface area (Å²) >= 11 is 0. The van der Waals surface area contributed by atoms with E-state index < -0.39 is 5.92 Å². The van der Waals surface area contributed by atoms with E-state index in [-0.39, 0.29) is 22.9 Å². The summed E-state index contributed by atoms with van der Waals surface area (Å²) in [6, 6.07) is 0. The van der Waals surface area contributed by atoms with Crippen LogP contribution in [0.2, 0.25) is 0 Å². The van der Waals surface area contributed by atoms with Crippen LogP contribution in [0, 0.1) is 23.2 Å². The van der Waals surface area contributed by atoms with Gasteiger partial charge in [-0.05, 0) is 62.9 Å². The molecule has 0 aromatic heterocycles. The average Bonchev–Trinajstić information content (AvgIpc) is 2.70. The van der Waals surface area contributed by atoms with Gasteiger partial charge in [-0.15, -0.1) is 0 Å². The molecule has 4 heteroatoms. The van der Waals surface area contributed by atoms with Gasteiger partial charge in [-0.25, -0.2) is 0 Å². The van der Waals surface area contributed by atoms with Crippen molar-refractivity contribution < 1.29 is 14.3 Å². The molecule has 2 heterocycles. The fourth-order valence-electron chi connectivity index (χ4n) is 6.45. The molecular weight excluding hydrogens is 374 g/mol. The Morgan fingerprint density at radius 1 is 1.10 bits per heavy atom. The van der Waals surface area contributed by atoms with Crippen LogP contribution in [0.4, 0.5) is 0 Å². The van der Waals surface area contributed by atoms with Crippen molar-refractivity contribution in [2.24, 2.45) is 23.2 Å². The summed E-state index contributed by atoms with van der Waals surface area (Å²) in [7, 11) is 0. The fraction of sp³-hybridized carbons (Fsp3) is 0.692. The second-order valence-corrected chi connectivity index (χ2v) is 10.3. The van der Waals surface area contributed by atoms with Crippen molar-refractivity contribution in [1.82, 2.24) is 4.90 Å². The number of carbonyl (C=O) groups is 2. The van der Waals surface area contributed by atoms with E-state index in [0.29, 0.717) is 18.8 Å². The number of hydrogen-bond acceptors (Lipinski definition) is 4. The molecule has 0 amide bonds. The molecule has 2 aliphatic carbocycles. The molecule has 0 bridgehead atoms. The van der Waals surface area contributed by atoms with Crippen molar-refractivity contribution in [2.75, 3.05) is 26.3 Å². The Morgan fingerprint density at radius 3 is 2.27 bits per heavy atom. The first kappa shape index (κ1) is 21.5. The summed E-state index contributed by atoms with van der Waals surface area (Å²) in [6.45, 7) is 14.3. The van der Waals surface area contributed by atoms with E-state index in [1.807, 2.05) is 0 Å². The van der Waals surface area contributed by atoms with Crippen LogP contribution in [0.5, 0.6) is 0 Å². The van der Waals surface area contributed by atoms with Crippen molar-refractivity contribution in [3.8, 4) is 0 Å². The van der Waals surface area contributed by atoms with E-state index in [0.717, 1.165) is 69.6 Å². The minimum atomic E-state index is -0.495. The van der Waals surface area contributed by atoms with E-state index in [9.17, 15) is 9.59 Å². The molecule has 1 unspecified atom stereocenters. The van der Waals surface area contributed by atoms with Crippen LogP contribution in [-0.4, -0.2) is 42.8 Å². The third-order valence-corrected chi connectivity index (χ3v) is 8.05. The fourth-order valence-corrected chi connectivity index (χ4v) is 6.45. The van der Waals surface area contributed by atoms with Gasteiger partial charge >= 0.3 is 0 Å². The highest BCUT2D eigenvalue weighted by Gasteiger charge is 2.48. The summed E-state index contributed by atoms with van der Waals surface area (Å²) in [6.07, 6.45) is 8.21. The maximum atomic E-state index is 13.3. The molecule has 0 radical (unpaired) electrons. The highest BCUT2D eigenvalue weighted by atomic mass is 16.5. The van der Waals surface area contributed by atoms with Crippen molar-refractivity contribution in [2.45, 2.75) is 65.7 Å². The third-order valence-electron chi connectivity index (χ3n) is 8.05. The van der Waals surface area contributed by atoms with E-state index in [2.05, 4.69) is 38.3 Å². The van der Waals surface area contributed by atoms with Crippen LogP contribution in [0.1, 0.15) is 65.7 Å². The number of likely N-dealkylation sites (tertiary alicyclic amines) is 1. The highest BCUT2D eigenvalue weighted by molar-refractivity contribution is 6.08. The molecule has 1 saturated carbocycles. The first-order chi connectivity index (χ1) is 14.3. The lowest BCUT2D eigenvalue weighted by Crippen LogP contribution is -2.48. The molecule has 0 aromatic rings. The van der Waals surface area contributed by atoms with E-state index in [1.54, 1.807) is 0 Å². The Morgan fingerprint density at radius 2 is 1.70 bits per heavy atom. The number of Topliss-reactive ketones (excluding diaryl/α,β-unsaturated/α-hetero) is 2. The zero-order valence-corrected chi connectivity index (χ0v) is 19.0. The van der Waals surface area contributed by atoms with Gasteiger partial charge < -0.3 is 9.64 Å². The van der Waals surface area contributed by atoms with Crippen molar-refractivity contribution in [1.29, 1.82) is 0 Å². The molecule has 2 aliphatic heterocycles. The van der Waals surface area contributed by atoms with Gasteiger partial charge in [0.1, 0.15) is 11.6 Å². The molecule has 2 saturated heterocycles. The standard InChI is InChI=1S/C26H37NO3/c1-17-13-18(2)24(19(3)14-17)25-22(28)15-26(16-23(25)29)7-9-27(10-8-26)20(4)21-5-11-30-12-6-21/h13,19,21,25H,4-12,14-16H2,1-3H3. The normalized spacial score (nSPS) is 28.8. The zero-order chi connectivity index (χ0) is 21.5. The quantitative estimate of drug-likeness (QED) is 0.622. The predicted molar refractivity (Wildman–Crippen MR) is 119 cm³/mol. The lowest BCUT2D eigenvalue weighted by atomic mass is 9.61. The zero-order valence-electron chi connectivity index (χ0n) is 19.0. The minimum absolute atomic E-state index is 0.130. The summed E-state index contributed by atoms with van der Waals surface area (Å²) in [5, 5.41) is 0. The van der Waals surface area contributed by atoms with Crippen molar-refractivity contribution >= 4 is 11.6 Å². The topological polar surface area (TPSA) is 46.6 Å². The number of nitrogens with zero attached hydrogens (tertiary/aromatic N) is 1. The Labute approximate surface area is 181 Å².